The summed E-state index contributed by atoms with van der Waals surface area (Å²) in [6.45, 7) is 4.32. The number of hydrogen-bond donors (Lipinski definition) is 2. The van der Waals surface area contributed by atoms with E-state index in [9.17, 15) is 0 Å². The number of nitrogens with zero attached hydrogens (tertiary/aromatic N) is 1. The first-order valence-corrected chi connectivity index (χ1v) is 7.17. The quantitative estimate of drug-likeness (QED) is 0.805. The van der Waals surface area contributed by atoms with Crippen molar-refractivity contribution in [2.24, 2.45) is 0 Å². The number of aromatic nitrogens is 1. The molecule has 0 aliphatic rings. The summed E-state index contributed by atoms with van der Waals surface area (Å²) in [5.74, 6) is 1.65. The lowest BCUT2D eigenvalue weighted by atomic mass is 10.0. The van der Waals surface area contributed by atoms with Gasteiger partial charge < -0.3 is 10.6 Å². The van der Waals surface area contributed by atoms with Crippen LogP contribution in [0.25, 0.3) is 0 Å². The van der Waals surface area contributed by atoms with Gasteiger partial charge in [0.1, 0.15) is 5.82 Å². The summed E-state index contributed by atoms with van der Waals surface area (Å²) in [5.41, 5.74) is 2.21. The lowest BCUT2D eigenvalue weighted by Gasteiger charge is -2.12. The molecular formula is C15H17Cl2N3. The van der Waals surface area contributed by atoms with Crippen LogP contribution in [-0.2, 0) is 0 Å². The number of benzene rings is 1. The predicted molar refractivity (Wildman–Crippen MR) is 87.6 cm³/mol. The van der Waals surface area contributed by atoms with E-state index in [-0.39, 0.29) is 0 Å². The summed E-state index contributed by atoms with van der Waals surface area (Å²) in [6.07, 6.45) is 0. The zero-order chi connectivity index (χ0) is 14.7. The van der Waals surface area contributed by atoms with E-state index in [1.807, 2.05) is 12.1 Å². The fourth-order valence-electron chi connectivity index (χ4n) is 1.84. The Hall–Kier alpha value is -1.45. The lowest BCUT2D eigenvalue weighted by molar-refractivity contribution is 0.867. The van der Waals surface area contributed by atoms with Gasteiger partial charge in [0.05, 0.1) is 10.0 Å². The summed E-state index contributed by atoms with van der Waals surface area (Å²) in [6, 6.07) is 9.87. The van der Waals surface area contributed by atoms with Crippen LogP contribution in [0.5, 0.6) is 0 Å². The molecule has 0 radical (unpaired) electrons. The first-order valence-electron chi connectivity index (χ1n) is 6.42. The highest BCUT2D eigenvalue weighted by Gasteiger charge is 2.09. The van der Waals surface area contributed by atoms with Crippen molar-refractivity contribution >= 4 is 40.5 Å². The second-order valence-corrected chi connectivity index (χ2v) is 5.62. The number of rotatable bonds is 4. The van der Waals surface area contributed by atoms with E-state index >= 15 is 0 Å². The highest BCUT2D eigenvalue weighted by molar-refractivity contribution is 6.37. The van der Waals surface area contributed by atoms with Crippen LogP contribution in [0, 0.1) is 0 Å². The molecule has 0 bridgehead atoms. The number of hydrogen-bond acceptors (Lipinski definition) is 3. The van der Waals surface area contributed by atoms with Crippen LogP contribution in [0.1, 0.15) is 25.3 Å². The van der Waals surface area contributed by atoms with Crippen LogP contribution in [-0.4, -0.2) is 12.0 Å². The fraction of sp³-hybridized carbons (Fsp3) is 0.267. The van der Waals surface area contributed by atoms with Crippen molar-refractivity contribution in [3.05, 3.63) is 45.9 Å². The minimum Gasteiger partial charge on any atom is -0.372 e. The molecule has 0 aliphatic carbocycles. The molecule has 1 aromatic heterocycles. The monoisotopic (exact) mass is 309 g/mol. The van der Waals surface area contributed by atoms with E-state index in [0.717, 1.165) is 5.69 Å². The molecule has 0 saturated heterocycles. The van der Waals surface area contributed by atoms with Crippen molar-refractivity contribution in [2.75, 3.05) is 17.7 Å². The number of pyridine rings is 1. The minimum absolute atomic E-state index is 0.471. The third-order valence-corrected chi connectivity index (χ3v) is 3.56. The second kappa shape index (κ2) is 6.33. The molecule has 20 heavy (non-hydrogen) atoms. The minimum atomic E-state index is 0.471. The Bertz CT molecular complexity index is 612. The van der Waals surface area contributed by atoms with Gasteiger partial charge >= 0.3 is 0 Å². The molecule has 2 aromatic rings. The molecule has 0 unspecified atom stereocenters. The summed E-state index contributed by atoms with van der Waals surface area (Å²) >= 11 is 12.2. The molecule has 2 N–H and O–H groups in total. The molecule has 0 atom stereocenters. The molecule has 5 heteroatoms. The van der Waals surface area contributed by atoms with Gasteiger partial charge in [0.15, 0.2) is 5.82 Å². The van der Waals surface area contributed by atoms with Gasteiger partial charge in [0.2, 0.25) is 0 Å². The second-order valence-electron chi connectivity index (χ2n) is 4.80. The molecule has 0 amide bonds. The molecule has 0 fully saturated rings. The maximum absolute atomic E-state index is 6.17. The van der Waals surface area contributed by atoms with Crippen molar-refractivity contribution in [3.63, 3.8) is 0 Å². The maximum Gasteiger partial charge on any atom is 0.151 e. The normalized spacial score (nSPS) is 10.7. The third kappa shape index (κ3) is 3.35. The van der Waals surface area contributed by atoms with Gasteiger partial charge in [-0.15, -0.1) is 0 Å². The van der Waals surface area contributed by atoms with Gasteiger partial charge in [0.25, 0.3) is 0 Å². The Morgan fingerprint density at radius 2 is 1.75 bits per heavy atom. The first-order chi connectivity index (χ1) is 9.51. The third-order valence-electron chi connectivity index (χ3n) is 2.98. The summed E-state index contributed by atoms with van der Waals surface area (Å²) in [5, 5.41) is 7.15. The van der Waals surface area contributed by atoms with Crippen LogP contribution in [0.3, 0.4) is 0 Å². The van der Waals surface area contributed by atoms with Gasteiger partial charge in [-0.2, -0.15) is 0 Å². The van der Waals surface area contributed by atoms with Crippen LogP contribution >= 0.6 is 23.2 Å². The Labute approximate surface area is 129 Å². The Morgan fingerprint density at radius 1 is 1.05 bits per heavy atom. The molecule has 2 rings (SSSR count). The average Bonchev–Trinajstić information content (AvgIpc) is 2.42. The van der Waals surface area contributed by atoms with Crippen LogP contribution in [0.2, 0.25) is 10.0 Å². The largest absolute Gasteiger partial charge is 0.372 e. The van der Waals surface area contributed by atoms with E-state index in [1.165, 1.54) is 5.56 Å². The van der Waals surface area contributed by atoms with Crippen LogP contribution < -0.4 is 10.6 Å². The number of halogens is 2. The van der Waals surface area contributed by atoms with E-state index < -0.39 is 0 Å². The zero-order valence-electron chi connectivity index (χ0n) is 11.7. The SMILES string of the molecule is CNc1nc(Nc2cccc(C(C)C)c2)c(Cl)cc1Cl. The van der Waals surface area contributed by atoms with Gasteiger partial charge in [-0.3, -0.25) is 0 Å². The van der Waals surface area contributed by atoms with Crippen molar-refractivity contribution < 1.29 is 0 Å². The standard InChI is InChI=1S/C15H17Cl2N3/c1-9(2)10-5-4-6-11(7-10)19-15-13(17)8-12(16)14(18-3)20-15/h4-9H,1-3H3,(H2,18,19,20). The van der Waals surface area contributed by atoms with Gasteiger partial charge in [0, 0.05) is 12.7 Å². The number of anilines is 3. The van der Waals surface area contributed by atoms with Crippen molar-refractivity contribution in [2.45, 2.75) is 19.8 Å². The molecule has 1 heterocycles. The van der Waals surface area contributed by atoms with E-state index in [0.29, 0.717) is 27.6 Å². The summed E-state index contributed by atoms with van der Waals surface area (Å²) < 4.78 is 0. The Morgan fingerprint density at radius 3 is 2.40 bits per heavy atom. The van der Waals surface area contributed by atoms with Crippen LogP contribution in [0.15, 0.2) is 30.3 Å². The molecule has 0 aliphatic heterocycles. The zero-order valence-corrected chi connectivity index (χ0v) is 13.2. The highest BCUT2D eigenvalue weighted by Crippen LogP contribution is 2.31. The molecular weight excluding hydrogens is 293 g/mol. The molecule has 106 valence electrons. The number of nitrogens with one attached hydrogen (secondary N) is 2. The molecule has 1 aromatic carbocycles. The lowest BCUT2D eigenvalue weighted by Crippen LogP contribution is -2.00. The van der Waals surface area contributed by atoms with E-state index in [4.69, 9.17) is 23.2 Å². The van der Waals surface area contributed by atoms with E-state index in [2.05, 4.69) is 41.6 Å². The average molecular weight is 310 g/mol. The Kier molecular flexibility index (Phi) is 4.73. The van der Waals surface area contributed by atoms with Gasteiger partial charge in [-0.1, -0.05) is 49.2 Å². The topological polar surface area (TPSA) is 37.0 Å². The predicted octanol–water partition coefficient (Wildman–Crippen LogP) is 5.30. The molecule has 0 spiro atoms. The van der Waals surface area contributed by atoms with E-state index in [1.54, 1.807) is 13.1 Å². The summed E-state index contributed by atoms with van der Waals surface area (Å²) in [7, 11) is 1.77. The summed E-state index contributed by atoms with van der Waals surface area (Å²) in [4.78, 5) is 4.37. The molecule has 3 nitrogen and oxygen atoms in total. The fourth-order valence-corrected chi connectivity index (χ4v) is 2.34. The van der Waals surface area contributed by atoms with Crippen molar-refractivity contribution in [1.82, 2.24) is 4.98 Å². The van der Waals surface area contributed by atoms with Crippen molar-refractivity contribution in [3.8, 4) is 0 Å². The molecule has 0 saturated carbocycles. The smallest absolute Gasteiger partial charge is 0.151 e. The maximum atomic E-state index is 6.17. The van der Waals surface area contributed by atoms with Gasteiger partial charge in [-0.25, -0.2) is 4.98 Å². The first kappa shape index (κ1) is 14.9. The highest BCUT2D eigenvalue weighted by atomic mass is 35.5. The van der Waals surface area contributed by atoms with Crippen molar-refractivity contribution in [1.29, 1.82) is 0 Å². The van der Waals surface area contributed by atoms with Gasteiger partial charge in [-0.05, 0) is 29.7 Å². The Balaban J connectivity index is 2.32. The van der Waals surface area contributed by atoms with Crippen LogP contribution in [0.4, 0.5) is 17.3 Å².